The molecule has 0 unspecified atom stereocenters. The van der Waals surface area contributed by atoms with Gasteiger partial charge in [0.25, 0.3) is 5.91 Å². The maximum atomic E-state index is 12.3. The number of esters is 1. The van der Waals surface area contributed by atoms with Gasteiger partial charge in [0.2, 0.25) is 0 Å². The first-order valence-electron chi connectivity index (χ1n) is 7.11. The second-order valence-corrected chi connectivity index (χ2v) is 5.57. The minimum absolute atomic E-state index is 0.0961. The van der Waals surface area contributed by atoms with Gasteiger partial charge < -0.3 is 10.1 Å². The van der Waals surface area contributed by atoms with Crippen LogP contribution in [0.4, 0.5) is 0 Å². The first-order valence-corrected chi connectivity index (χ1v) is 7.90. The maximum absolute atomic E-state index is 12.3. The number of rotatable bonds is 5. The molecule has 0 radical (unpaired) electrons. The fraction of sp³-hybridized carbons (Fsp3) is 0.111. The third kappa shape index (κ3) is 5.07. The van der Waals surface area contributed by atoms with Crippen molar-refractivity contribution in [3.63, 3.8) is 0 Å². The number of hydrogen-bond donors (Lipinski definition) is 1. The molecule has 0 saturated heterocycles. The fourth-order valence-electron chi connectivity index (χ4n) is 1.90. The van der Waals surface area contributed by atoms with Gasteiger partial charge >= 0.3 is 5.97 Å². The second kappa shape index (κ2) is 8.29. The van der Waals surface area contributed by atoms with Gasteiger partial charge in [-0.2, -0.15) is 0 Å². The number of halogens is 1. The Balaban J connectivity index is 2.27. The van der Waals surface area contributed by atoms with Gasteiger partial charge in [0.1, 0.15) is 5.70 Å². The van der Waals surface area contributed by atoms with Gasteiger partial charge in [-0.3, -0.25) is 4.79 Å². The Morgan fingerprint density at radius 1 is 1.13 bits per heavy atom. The van der Waals surface area contributed by atoms with E-state index >= 15 is 0 Å². The summed E-state index contributed by atoms with van der Waals surface area (Å²) < 4.78 is 5.89. The number of ether oxygens (including phenoxy) is 1. The van der Waals surface area contributed by atoms with Gasteiger partial charge in [0.05, 0.1) is 6.61 Å². The first-order chi connectivity index (χ1) is 11.1. The first kappa shape index (κ1) is 17.0. The standard InChI is InChI=1S/C18H16BrNO3/c1-2-23-18(22)16(12-13-7-6-10-15(19)11-13)20-17(21)14-8-4-3-5-9-14/h3-12H,2H2,1H3,(H,20,21). The number of amides is 1. The summed E-state index contributed by atoms with van der Waals surface area (Å²) in [6.45, 7) is 1.95. The van der Waals surface area contributed by atoms with Crippen LogP contribution in [-0.4, -0.2) is 18.5 Å². The molecule has 1 N–H and O–H groups in total. The highest BCUT2D eigenvalue weighted by atomic mass is 79.9. The molecular weight excluding hydrogens is 358 g/mol. The quantitative estimate of drug-likeness (QED) is 0.640. The monoisotopic (exact) mass is 373 g/mol. The topological polar surface area (TPSA) is 55.4 Å². The SMILES string of the molecule is CCOC(=O)C(=Cc1cccc(Br)c1)NC(=O)c1ccccc1. The Morgan fingerprint density at radius 2 is 1.87 bits per heavy atom. The van der Waals surface area contributed by atoms with Crippen LogP contribution in [-0.2, 0) is 9.53 Å². The van der Waals surface area contributed by atoms with E-state index < -0.39 is 5.97 Å². The molecule has 0 spiro atoms. The lowest BCUT2D eigenvalue weighted by atomic mass is 10.1. The van der Waals surface area contributed by atoms with Crippen LogP contribution in [0.15, 0.2) is 64.8 Å². The van der Waals surface area contributed by atoms with E-state index in [9.17, 15) is 9.59 Å². The minimum atomic E-state index is -0.572. The van der Waals surface area contributed by atoms with Crippen LogP contribution in [0.5, 0.6) is 0 Å². The summed E-state index contributed by atoms with van der Waals surface area (Å²) in [6, 6.07) is 16.1. The van der Waals surface area contributed by atoms with Crippen LogP contribution < -0.4 is 5.32 Å². The lowest BCUT2D eigenvalue weighted by Crippen LogP contribution is -2.28. The molecule has 0 aliphatic carbocycles. The largest absolute Gasteiger partial charge is 0.461 e. The minimum Gasteiger partial charge on any atom is -0.461 e. The number of hydrogen-bond acceptors (Lipinski definition) is 3. The molecular formula is C18H16BrNO3. The summed E-state index contributed by atoms with van der Waals surface area (Å²) in [6.07, 6.45) is 1.59. The molecule has 5 heteroatoms. The van der Waals surface area contributed by atoms with Crippen molar-refractivity contribution in [2.24, 2.45) is 0 Å². The molecule has 4 nitrogen and oxygen atoms in total. The molecule has 118 valence electrons. The molecule has 0 fully saturated rings. The van der Waals surface area contributed by atoms with Gasteiger partial charge in [-0.15, -0.1) is 0 Å². The summed E-state index contributed by atoms with van der Waals surface area (Å²) in [7, 11) is 0. The van der Waals surface area contributed by atoms with Gasteiger partial charge in [-0.05, 0) is 42.8 Å². The van der Waals surface area contributed by atoms with E-state index in [2.05, 4.69) is 21.2 Å². The van der Waals surface area contributed by atoms with E-state index in [0.29, 0.717) is 5.56 Å². The van der Waals surface area contributed by atoms with Crippen molar-refractivity contribution in [2.45, 2.75) is 6.92 Å². The summed E-state index contributed by atoms with van der Waals surface area (Å²) in [5, 5.41) is 2.62. The molecule has 23 heavy (non-hydrogen) atoms. The number of carbonyl (C=O) groups excluding carboxylic acids is 2. The Kier molecular flexibility index (Phi) is 6.11. The van der Waals surface area contributed by atoms with Crippen molar-refractivity contribution < 1.29 is 14.3 Å². The third-order valence-corrected chi connectivity index (χ3v) is 3.43. The van der Waals surface area contributed by atoms with Crippen molar-refractivity contribution in [2.75, 3.05) is 6.61 Å². The van der Waals surface area contributed by atoms with Gasteiger partial charge in [-0.1, -0.05) is 46.3 Å². The zero-order chi connectivity index (χ0) is 16.7. The van der Waals surface area contributed by atoms with Crippen molar-refractivity contribution in [1.82, 2.24) is 5.32 Å². The summed E-state index contributed by atoms with van der Waals surface area (Å²) in [5.74, 6) is -0.934. The lowest BCUT2D eigenvalue weighted by Gasteiger charge is -2.09. The highest BCUT2D eigenvalue weighted by Gasteiger charge is 2.15. The number of nitrogens with one attached hydrogen (secondary N) is 1. The molecule has 1 amide bonds. The Labute approximate surface area is 143 Å². The normalized spacial score (nSPS) is 11.0. The van der Waals surface area contributed by atoms with E-state index in [1.54, 1.807) is 37.3 Å². The lowest BCUT2D eigenvalue weighted by molar-refractivity contribution is -0.138. The van der Waals surface area contributed by atoms with Crippen LogP contribution in [0.1, 0.15) is 22.8 Å². The Bertz CT molecular complexity index is 726. The molecule has 2 aromatic carbocycles. The molecule has 2 aromatic rings. The van der Waals surface area contributed by atoms with Gasteiger partial charge in [-0.25, -0.2) is 4.79 Å². The predicted molar refractivity (Wildman–Crippen MR) is 92.7 cm³/mol. The summed E-state index contributed by atoms with van der Waals surface area (Å²) in [4.78, 5) is 24.3. The summed E-state index contributed by atoms with van der Waals surface area (Å²) in [5.41, 5.74) is 1.34. The van der Waals surface area contributed by atoms with Crippen molar-refractivity contribution >= 4 is 33.9 Å². The Morgan fingerprint density at radius 3 is 2.52 bits per heavy atom. The van der Waals surface area contributed by atoms with Crippen LogP contribution in [0.3, 0.4) is 0 Å². The van der Waals surface area contributed by atoms with Crippen LogP contribution in [0.2, 0.25) is 0 Å². The van der Waals surface area contributed by atoms with Crippen molar-refractivity contribution in [3.05, 3.63) is 75.9 Å². The summed E-state index contributed by atoms with van der Waals surface area (Å²) >= 11 is 3.37. The van der Waals surface area contributed by atoms with Gasteiger partial charge in [0.15, 0.2) is 0 Å². The zero-order valence-electron chi connectivity index (χ0n) is 12.6. The number of carbonyl (C=O) groups is 2. The average Bonchev–Trinajstić information content (AvgIpc) is 2.55. The molecule has 2 rings (SSSR count). The second-order valence-electron chi connectivity index (χ2n) is 4.65. The highest BCUT2D eigenvalue weighted by Crippen LogP contribution is 2.14. The average molecular weight is 374 g/mol. The predicted octanol–water partition coefficient (Wildman–Crippen LogP) is 3.78. The molecule has 0 saturated carbocycles. The molecule has 0 atom stereocenters. The van der Waals surface area contributed by atoms with Gasteiger partial charge in [0, 0.05) is 10.0 Å². The van der Waals surface area contributed by atoms with Crippen molar-refractivity contribution in [3.8, 4) is 0 Å². The molecule has 0 bridgehead atoms. The van der Waals surface area contributed by atoms with E-state index in [0.717, 1.165) is 10.0 Å². The number of benzene rings is 2. The third-order valence-electron chi connectivity index (χ3n) is 2.94. The smallest absolute Gasteiger partial charge is 0.354 e. The van der Waals surface area contributed by atoms with Crippen molar-refractivity contribution in [1.29, 1.82) is 0 Å². The van der Waals surface area contributed by atoms with E-state index in [4.69, 9.17) is 4.74 Å². The van der Waals surface area contributed by atoms with E-state index in [-0.39, 0.29) is 18.2 Å². The molecule has 0 heterocycles. The maximum Gasteiger partial charge on any atom is 0.354 e. The fourth-order valence-corrected chi connectivity index (χ4v) is 2.32. The van der Waals surface area contributed by atoms with Crippen LogP contribution in [0.25, 0.3) is 6.08 Å². The van der Waals surface area contributed by atoms with E-state index in [1.807, 2.05) is 30.3 Å². The van der Waals surface area contributed by atoms with E-state index in [1.165, 1.54) is 0 Å². The van der Waals surface area contributed by atoms with Crippen LogP contribution >= 0.6 is 15.9 Å². The Hall–Kier alpha value is -2.40. The zero-order valence-corrected chi connectivity index (χ0v) is 14.2. The molecule has 0 aromatic heterocycles. The molecule has 0 aliphatic heterocycles. The highest BCUT2D eigenvalue weighted by molar-refractivity contribution is 9.10. The molecule has 0 aliphatic rings. The van der Waals surface area contributed by atoms with Crippen LogP contribution in [0, 0.1) is 0 Å².